The maximum Gasteiger partial charge on any atom is 0.240 e. The Morgan fingerprint density at radius 1 is 1.32 bits per heavy atom. The predicted molar refractivity (Wildman–Crippen MR) is 75.5 cm³/mol. The van der Waals surface area contributed by atoms with E-state index in [0.717, 1.165) is 44.9 Å². The Labute approximate surface area is 116 Å². The van der Waals surface area contributed by atoms with Gasteiger partial charge in [0, 0.05) is 18.6 Å². The summed E-state index contributed by atoms with van der Waals surface area (Å²) in [6.45, 7) is 2.34. The van der Waals surface area contributed by atoms with Crippen LogP contribution in [0, 0.1) is 11.8 Å². The number of carbonyl (C=O) groups is 1. The highest BCUT2D eigenvalue weighted by Gasteiger charge is 2.39. The molecule has 0 aromatic heterocycles. The lowest BCUT2D eigenvalue weighted by Gasteiger charge is -2.38. The highest BCUT2D eigenvalue weighted by atomic mass is 16.3. The fraction of sp³-hybridized carbons (Fsp3) is 0.933. The Kier molecular flexibility index (Phi) is 4.85. The standard InChI is InChI=1S/C15H28N2O2/c1-11-5-4-8-15(16,9-11)14(19)17-13-7-3-2-6-12(13)10-18/h11-13,18H,2-10,16H2,1H3,(H,17,19). The second-order valence-corrected chi connectivity index (χ2v) is 6.66. The highest BCUT2D eigenvalue weighted by molar-refractivity contribution is 5.86. The number of rotatable bonds is 3. The van der Waals surface area contributed by atoms with Gasteiger partial charge in [-0.15, -0.1) is 0 Å². The molecule has 0 saturated heterocycles. The molecule has 2 aliphatic rings. The number of nitrogens with two attached hydrogens (primary N) is 1. The minimum Gasteiger partial charge on any atom is -0.396 e. The van der Waals surface area contributed by atoms with E-state index in [2.05, 4.69) is 12.2 Å². The number of hydrogen-bond donors (Lipinski definition) is 3. The molecular weight excluding hydrogens is 240 g/mol. The average Bonchev–Trinajstić information content (AvgIpc) is 2.39. The summed E-state index contributed by atoms with van der Waals surface area (Å²) in [4.78, 5) is 12.5. The van der Waals surface area contributed by atoms with Gasteiger partial charge in [-0.2, -0.15) is 0 Å². The molecule has 0 aliphatic heterocycles. The van der Waals surface area contributed by atoms with E-state index in [1.54, 1.807) is 0 Å². The molecule has 2 rings (SSSR count). The molecule has 0 spiro atoms. The van der Waals surface area contributed by atoms with Gasteiger partial charge >= 0.3 is 0 Å². The van der Waals surface area contributed by atoms with Crippen molar-refractivity contribution in [3.63, 3.8) is 0 Å². The maximum absolute atomic E-state index is 12.5. The molecule has 4 heteroatoms. The van der Waals surface area contributed by atoms with E-state index in [1.165, 1.54) is 6.42 Å². The van der Waals surface area contributed by atoms with Crippen molar-refractivity contribution in [1.82, 2.24) is 5.32 Å². The van der Waals surface area contributed by atoms with E-state index in [9.17, 15) is 9.90 Å². The predicted octanol–water partition coefficient (Wildman–Crippen LogP) is 1.56. The highest BCUT2D eigenvalue weighted by Crippen LogP contribution is 2.31. The topological polar surface area (TPSA) is 75.4 Å². The van der Waals surface area contributed by atoms with Crippen LogP contribution in [0.4, 0.5) is 0 Å². The minimum absolute atomic E-state index is 0.00407. The molecule has 2 fully saturated rings. The van der Waals surface area contributed by atoms with Crippen LogP contribution >= 0.6 is 0 Å². The molecule has 1 amide bonds. The van der Waals surface area contributed by atoms with Crippen molar-refractivity contribution in [2.24, 2.45) is 17.6 Å². The molecule has 0 bridgehead atoms. The summed E-state index contributed by atoms with van der Waals surface area (Å²) in [5.41, 5.74) is 5.64. The summed E-state index contributed by atoms with van der Waals surface area (Å²) in [5.74, 6) is 0.746. The lowest BCUT2D eigenvalue weighted by atomic mass is 9.76. The maximum atomic E-state index is 12.5. The van der Waals surface area contributed by atoms with E-state index in [1.807, 2.05) is 0 Å². The van der Waals surface area contributed by atoms with Crippen LogP contribution < -0.4 is 11.1 Å². The normalized spacial score (nSPS) is 39.8. The Bertz CT molecular complexity index is 321. The van der Waals surface area contributed by atoms with E-state index in [4.69, 9.17) is 5.73 Å². The van der Waals surface area contributed by atoms with E-state index < -0.39 is 5.54 Å². The molecule has 0 radical (unpaired) electrons. The molecule has 4 nitrogen and oxygen atoms in total. The van der Waals surface area contributed by atoms with Gasteiger partial charge in [0.15, 0.2) is 0 Å². The monoisotopic (exact) mass is 268 g/mol. The van der Waals surface area contributed by atoms with Crippen molar-refractivity contribution in [3.8, 4) is 0 Å². The largest absolute Gasteiger partial charge is 0.396 e. The SMILES string of the molecule is CC1CCCC(N)(C(=O)NC2CCCCC2CO)C1. The number of carbonyl (C=O) groups excluding carboxylic acids is 1. The molecule has 4 N–H and O–H groups in total. The molecule has 4 unspecified atom stereocenters. The zero-order valence-electron chi connectivity index (χ0n) is 12.0. The van der Waals surface area contributed by atoms with Crippen molar-refractivity contribution in [2.45, 2.75) is 69.9 Å². The first-order chi connectivity index (χ1) is 9.05. The first kappa shape index (κ1) is 14.8. The molecule has 0 heterocycles. The molecule has 0 aromatic rings. The zero-order chi connectivity index (χ0) is 13.9. The van der Waals surface area contributed by atoms with Crippen molar-refractivity contribution < 1.29 is 9.90 Å². The van der Waals surface area contributed by atoms with Crippen molar-refractivity contribution in [2.75, 3.05) is 6.61 Å². The molecule has 2 aliphatic carbocycles. The average molecular weight is 268 g/mol. The van der Waals surface area contributed by atoms with Gasteiger partial charge in [0.25, 0.3) is 0 Å². The third-order valence-electron chi connectivity index (χ3n) is 4.94. The van der Waals surface area contributed by atoms with E-state index in [-0.39, 0.29) is 24.5 Å². The van der Waals surface area contributed by atoms with Crippen LogP contribution in [0.1, 0.15) is 58.3 Å². The fourth-order valence-electron chi connectivity index (χ4n) is 3.73. The second kappa shape index (κ2) is 6.23. The quantitative estimate of drug-likeness (QED) is 0.727. The summed E-state index contributed by atoms with van der Waals surface area (Å²) in [7, 11) is 0. The van der Waals surface area contributed by atoms with Gasteiger partial charge in [-0.05, 0) is 31.6 Å². The van der Waals surface area contributed by atoms with Crippen LogP contribution in [0.25, 0.3) is 0 Å². The van der Waals surface area contributed by atoms with Crippen LogP contribution in [-0.4, -0.2) is 29.2 Å². The molecule has 2 saturated carbocycles. The van der Waals surface area contributed by atoms with Gasteiger partial charge < -0.3 is 16.2 Å². The van der Waals surface area contributed by atoms with Crippen molar-refractivity contribution in [3.05, 3.63) is 0 Å². The molecule has 19 heavy (non-hydrogen) atoms. The Morgan fingerprint density at radius 2 is 2.05 bits per heavy atom. The second-order valence-electron chi connectivity index (χ2n) is 6.66. The Morgan fingerprint density at radius 3 is 2.74 bits per heavy atom. The summed E-state index contributed by atoms with van der Waals surface area (Å²) in [6, 6.07) is 0.115. The number of nitrogens with one attached hydrogen (secondary N) is 1. The summed E-state index contributed by atoms with van der Waals surface area (Å²) in [5, 5.41) is 12.5. The summed E-state index contributed by atoms with van der Waals surface area (Å²) >= 11 is 0. The van der Waals surface area contributed by atoms with Crippen LogP contribution in [0.2, 0.25) is 0 Å². The lowest BCUT2D eigenvalue weighted by molar-refractivity contribution is -0.129. The van der Waals surface area contributed by atoms with Gasteiger partial charge in [0.1, 0.15) is 0 Å². The number of aliphatic hydroxyl groups excluding tert-OH is 1. The molecule has 0 aromatic carbocycles. The van der Waals surface area contributed by atoms with Gasteiger partial charge in [0.05, 0.1) is 5.54 Å². The Balaban J connectivity index is 1.95. The zero-order valence-corrected chi connectivity index (χ0v) is 12.0. The number of aliphatic hydroxyl groups is 1. The van der Waals surface area contributed by atoms with Crippen LogP contribution in [0.5, 0.6) is 0 Å². The first-order valence-electron chi connectivity index (χ1n) is 7.76. The fourth-order valence-corrected chi connectivity index (χ4v) is 3.73. The van der Waals surface area contributed by atoms with Gasteiger partial charge in [-0.3, -0.25) is 4.79 Å². The summed E-state index contributed by atoms with van der Waals surface area (Å²) < 4.78 is 0. The minimum atomic E-state index is -0.685. The van der Waals surface area contributed by atoms with Gasteiger partial charge in [-0.25, -0.2) is 0 Å². The van der Waals surface area contributed by atoms with Crippen molar-refractivity contribution >= 4 is 5.91 Å². The van der Waals surface area contributed by atoms with Crippen molar-refractivity contribution in [1.29, 1.82) is 0 Å². The van der Waals surface area contributed by atoms with E-state index in [0.29, 0.717) is 5.92 Å². The van der Waals surface area contributed by atoms with Gasteiger partial charge in [-0.1, -0.05) is 32.6 Å². The molecule has 110 valence electrons. The lowest BCUT2D eigenvalue weighted by Crippen LogP contribution is -2.59. The van der Waals surface area contributed by atoms with Crippen LogP contribution in [-0.2, 0) is 4.79 Å². The number of hydrogen-bond acceptors (Lipinski definition) is 3. The van der Waals surface area contributed by atoms with E-state index >= 15 is 0 Å². The van der Waals surface area contributed by atoms with Gasteiger partial charge in [0.2, 0.25) is 5.91 Å². The molecule has 4 atom stereocenters. The van der Waals surface area contributed by atoms with Crippen LogP contribution in [0.3, 0.4) is 0 Å². The third-order valence-corrected chi connectivity index (χ3v) is 4.94. The van der Waals surface area contributed by atoms with Crippen LogP contribution in [0.15, 0.2) is 0 Å². The molecular formula is C15H28N2O2. The smallest absolute Gasteiger partial charge is 0.240 e. The Hall–Kier alpha value is -0.610. The first-order valence-corrected chi connectivity index (χ1v) is 7.76. The third kappa shape index (κ3) is 3.48. The number of amides is 1. The summed E-state index contributed by atoms with van der Waals surface area (Å²) in [6.07, 6.45) is 8.07.